The van der Waals surface area contributed by atoms with Gasteiger partial charge in [0.05, 0.1) is 17.1 Å². The number of aromatic amines is 1. The highest BCUT2D eigenvalue weighted by Crippen LogP contribution is 2.19. The van der Waals surface area contributed by atoms with Crippen LogP contribution in [-0.4, -0.2) is 9.97 Å². The average Bonchev–Trinajstić information content (AvgIpc) is 2.82. The maximum atomic E-state index is 6.19. The number of aromatic nitrogens is 2. The van der Waals surface area contributed by atoms with Crippen LogP contribution in [0.5, 0.6) is 0 Å². The zero-order chi connectivity index (χ0) is 11.7. The third-order valence-electron chi connectivity index (χ3n) is 2.86. The van der Waals surface area contributed by atoms with Crippen molar-refractivity contribution in [2.45, 2.75) is 6.04 Å². The van der Waals surface area contributed by atoms with Crippen molar-refractivity contribution in [1.82, 2.24) is 9.97 Å². The summed E-state index contributed by atoms with van der Waals surface area (Å²) < 4.78 is 0. The van der Waals surface area contributed by atoms with E-state index in [2.05, 4.69) is 9.97 Å². The Morgan fingerprint density at radius 1 is 0.944 bits per heavy atom. The molecule has 1 heterocycles. The average molecular weight is 260 g/mol. The molecule has 3 nitrogen and oxygen atoms in total. The van der Waals surface area contributed by atoms with Gasteiger partial charge in [-0.05, 0) is 17.7 Å². The molecule has 1 aromatic heterocycles. The van der Waals surface area contributed by atoms with Gasteiger partial charge in [0, 0.05) is 0 Å². The van der Waals surface area contributed by atoms with Gasteiger partial charge in [-0.1, -0.05) is 42.5 Å². The Kier molecular flexibility index (Phi) is 3.65. The van der Waals surface area contributed by atoms with Gasteiger partial charge in [0.2, 0.25) is 0 Å². The van der Waals surface area contributed by atoms with E-state index in [4.69, 9.17) is 5.73 Å². The van der Waals surface area contributed by atoms with Crippen LogP contribution in [0.25, 0.3) is 11.0 Å². The maximum absolute atomic E-state index is 6.19. The molecule has 0 amide bonds. The lowest BCUT2D eigenvalue weighted by Gasteiger charge is -2.08. The number of nitrogens with zero attached hydrogens (tertiary/aromatic N) is 1. The van der Waals surface area contributed by atoms with Crippen LogP contribution in [0.4, 0.5) is 0 Å². The zero-order valence-corrected chi connectivity index (χ0v) is 10.5. The number of benzene rings is 2. The van der Waals surface area contributed by atoms with Crippen molar-refractivity contribution in [1.29, 1.82) is 0 Å². The molecule has 3 N–H and O–H groups in total. The Hall–Kier alpha value is -1.84. The van der Waals surface area contributed by atoms with Crippen molar-refractivity contribution in [3.05, 3.63) is 66.0 Å². The monoisotopic (exact) mass is 259 g/mol. The summed E-state index contributed by atoms with van der Waals surface area (Å²) in [6, 6.07) is 17.7. The SMILES string of the molecule is Cl.NC(c1ccccc1)c1nc2ccccc2[nH]1. The van der Waals surface area contributed by atoms with Crippen LogP contribution in [0.3, 0.4) is 0 Å². The summed E-state index contributed by atoms with van der Waals surface area (Å²) >= 11 is 0. The molecule has 0 aliphatic rings. The number of hydrogen-bond donors (Lipinski definition) is 2. The molecule has 0 spiro atoms. The number of para-hydroxylation sites is 2. The lowest BCUT2D eigenvalue weighted by molar-refractivity contribution is 0.806. The molecule has 0 aliphatic carbocycles. The fraction of sp³-hybridized carbons (Fsp3) is 0.0714. The molecule has 18 heavy (non-hydrogen) atoms. The number of rotatable bonds is 2. The first-order chi connectivity index (χ1) is 8.34. The highest BCUT2D eigenvalue weighted by Gasteiger charge is 2.12. The topological polar surface area (TPSA) is 54.7 Å². The van der Waals surface area contributed by atoms with Crippen LogP contribution in [0.2, 0.25) is 0 Å². The van der Waals surface area contributed by atoms with Gasteiger partial charge >= 0.3 is 0 Å². The summed E-state index contributed by atoms with van der Waals surface area (Å²) in [4.78, 5) is 7.77. The number of halogens is 1. The van der Waals surface area contributed by atoms with Crippen molar-refractivity contribution in [2.24, 2.45) is 5.73 Å². The molecule has 0 saturated carbocycles. The van der Waals surface area contributed by atoms with E-state index in [9.17, 15) is 0 Å². The molecule has 0 fully saturated rings. The van der Waals surface area contributed by atoms with Gasteiger partial charge in [-0.15, -0.1) is 12.4 Å². The number of hydrogen-bond acceptors (Lipinski definition) is 2. The van der Waals surface area contributed by atoms with Crippen LogP contribution >= 0.6 is 12.4 Å². The molecular formula is C14H14ClN3. The number of nitrogens with two attached hydrogens (primary N) is 1. The van der Waals surface area contributed by atoms with Gasteiger partial charge in [-0.25, -0.2) is 4.98 Å². The first-order valence-corrected chi connectivity index (χ1v) is 5.60. The molecular weight excluding hydrogens is 246 g/mol. The van der Waals surface area contributed by atoms with Gasteiger partial charge in [0.1, 0.15) is 5.82 Å². The standard InChI is InChI=1S/C14H13N3.ClH/c15-13(10-6-2-1-3-7-10)14-16-11-8-4-5-9-12(11)17-14;/h1-9,13H,15H2,(H,16,17);1H. The van der Waals surface area contributed by atoms with Crippen LogP contribution in [0, 0.1) is 0 Å². The lowest BCUT2D eigenvalue weighted by Crippen LogP contribution is -2.13. The number of H-pyrrole nitrogens is 1. The fourth-order valence-electron chi connectivity index (χ4n) is 1.94. The quantitative estimate of drug-likeness (QED) is 0.743. The van der Waals surface area contributed by atoms with E-state index in [-0.39, 0.29) is 18.4 Å². The van der Waals surface area contributed by atoms with E-state index in [1.165, 1.54) is 0 Å². The van der Waals surface area contributed by atoms with Crippen LogP contribution in [-0.2, 0) is 0 Å². The van der Waals surface area contributed by atoms with E-state index in [0.29, 0.717) is 0 Å². The highest BCUT2D eigenvalue weighted by atomic mass is 35.5. The van der Waals surface area contributed by atoms with Crippen molar-refractivity contribution < 1.29 is 0 Å². The second-order valence-electron chi connectivity index (χ2n) is 4.03. The molecule has 0 radical (unpaired) electrons. The smallest absolute Gasteiger partial charge is 0.128 e. The Labute approximate surface area is 111 Å². The van der Waals surface area contributed by atoms with Crippen LogP contribution in [0.15, 0.2) is 54.6 Å². The molecule has 0 saturated heterocycles. The molecule has 0 bridgehead atoms. The number of fused-ring (bicyclic) bond motifs is 1. The Bertz CT molecular complexity index is 601. The summed E-state index contributed by atoms with van der Waals surface area (Å²) in [5.74, 6) is 0.803. The third kappa shape index (κ3) is 2.23. The third-order valence-corrected chi connectivity index (χ3v) is 2.86. The molecule has 3 aromatic rings. The predicted octanol–water partition coefficient (Wildman–Crippen LogP) is 3.03. The maximum Gasteiger partial charge on any atom is 0.128 e. The zero-order valence-electron chi connectivity index (χ0n) is 9.71. The van der Waals surface area contributed by atoms with Crippen LogP contribution in [0.1, 0.15) is 17.4 Å². The summed E-state index contributed by atoms with van der Waals surface area (Å²) in [5, 5.41) is 0. The highest BCUT2D eigenvalue weighted by molar-refractivity contribution is 5.85. The van der Waals surface area contributed by atoms with Gasteiger partial charge in [-0.2, -0.15) is 0 Å². The van der Waals surface area contributed by atoms with Gasteiger partial charge in [0.15, 0.2) is 0 Å². The Morgan fingerprint density at radius 3 is 2.33 bits per heavy atom. The number of imidazole rings is 1. The molecule has 1 unspecified atom stereocenters. The van der Waals surface area contributed by atoms with E-state index < -0.39 is 0 Å². The lowest BCUT2D eigenvalue weighted by atomic mass is 10.1. The van der Waals surface area contributed by atoms with E-state index >= 15 is 0 Å². The second kappa shape index (κ2) is 5.21. The normalized spacial score (nSPS) is 12.1. The summed E-state index contributed by atoms with van der Waals surface area (Å²) in [6.45, 7) is 0. The minimum absolute atomic E-state index is 0. The van der Waals surface area contributed by atoms with Gasteiger partial charge in [0.25, 0.3) is 0 Å². The first-order valence-electron chi connectivity index (χ1n) is 5.60. The molecule has 2 aromatic carbocycles. The Balaban J connectivity index is 0.00000120. The molecule has 0 aliphatic heterocycles. The summed E-state index contributed by atoms with van der Waals surface area (Å²) in [6.07, 6.45) is 0. The van der Waals surface area contributed by atoms with E-state index in [1.54, 1.807) is 0 Å². The van der Waals surface area contributed by atoms with Gasteiger partial charge in [-0.3, -0.25) is 0 Å². The Morgan fingerprint density at radius 2 is 1.61 bits per heavy atom. The van der Waals surface area contributed by atoms with Crippen molar-refractivity contribution in [3.63, 3.8) is 0 Å². The predicted molar refractivity (Wildman–Crippen MR) is 75.8 cm³/mol. The molecule has 4 heteroatoms. The largest absolute Gasteiger partial charge is 0.340 e. The summed E-state index contributed by atoms with van der Waals surface area (Å²) in [5.41, 5.74) is 9.22. The van der Waals surface area contributed by atoms with Crippen molar-refractivity contribution in [2.75, 3.05) is 0 Å². The van der Waals surface area contributed by atoms with Crippen LogP contribution < -0.4 is 5.73 Å². The second-order valence-corrected chi connectivity index (χ2v) is 4.03. The minimum atomic E-state index is -0.205. The van der Waals surface area contributed by atoms with E-state index in [1.807, 2.05) is 54.6 Å². The summed E-state index contributed by atoms with van der Waals surface area (Å²) in [7, 11) is 0. The minimum Gasteiger partial charge on any atom is -0.340 e. The molecule has 3 rings (SSSR count). The number of nitrogens with one attached hydrogen (secondary N) is 1. The first kappa shape index (κ1) is 12.6. The van der Waals surface area contributed by atoms with Gasteiger partial charge < -0.3 is 10.7 Å². The molecule has 1 atom stereocenters. The fourth-order valence-corrected chi connectivity index (χ4v) is 1.94. The van der Waals surface area contributed by atoms with Crippen molar-refractivity contribution in [3.8, 4) is 0 Å². The van der Waals surface area contributed by atoms with E-state index in [0.717, 1.165) is 22.4 Å². The van der Waals surface area contributed by atoms with Crippen molar-refractivity contribution >= 4 is 23.4 Å². The molecule has 92 valence electrons.